The maximum absolute atomic E-state index is 11.0. The van der Waals surface area contributed by atoms with Crippen LogP contribution in [-0.2, 0) is 0 Å². The first-order valence-electron chi connectivity index (χ1n) is 4.98. The van der Waals surface area contributed by atoms with Gasteiger partial charge in [0, 0.05) is 21.9 Å². The Balaban J connectivity index is 0.00000108. The molecular formula is C13H8KNO2. The van der Waals surface area contributed by atoms with Crippen LogP contribution in [0.25, 0.3) is 21.8 Å². The first kappa shape index (κ1) is 12.8. The molecule has 0 atom stereocenters. The molecule has 3 nitrogen and oxygen atoms in total. The van der Waals surface area contributed by atoms with Crippen LogP contribution in [0.15, 0.2) is 42.5 Å². The van der Waals surface area contributed by atoms with Gasteiger partial charge in [-0.05, 0) is 6.07 Å². The summed E-state index contributed by atoms with van der Waals surface area (Å²) in [6, 6.07) is 12.9. The number of rotatable bonds is 1. The summed E-state index contributed by atoms with van der Waals surface area (Å²) in [5.41, 5.74) is 1.77. The van der Waals surface area contributed by atoms with Gasteiger partial charge in [0.15, 0.2) is 0 Å². The largest absolute Gasteiger partial charge is 1.00 e. The number of fused-ring (bicyclic) bond motifs is 3. The molecule has 1 heterocycles. The fourth-order valence-corrected chi connectivity index (χ4v) is 2.04. The molecule has 17 heavy (non-hydrogen) atoms. The summed E-state index contributed by atoms with van der Waals surface area (Å²) in [5.74, 6) is -1.16. The van der Waals surface area contributed by atoms with Gasteiger partial charge in [-0.2, -0.15) is 0 Å². The van der Waals surface area contributed by atoms with Crippen molar-refractivity contribution in [2.45, 2.75) is 0 Å². The van der Waals surface area contributed by atoms with Crippen LogP contribution in [0.5, 0.6) is 0 Å². The van der Waals surface area contributed by atoms with Crippen molar-refractivity contribution in [3.8, 4) is 0 Å². The van der Waals surface area contributed by atoms with Crippen LogP contribution in [0.1, 0.15) is 10.4 Å². The number of carboxylic acids is 1. The number of aromatic carboxylic acids is 1. The van der Waals surface area contributed by atoms with Crippen molar-refractivity contribution in [1.29, 1.82) is 0 Å². The average Bonchev–Trinajstić information content (AvgIpc) is 2.67. The molecule has 0 amide bonds. The quantitative estimate of drug-likeness (QED) is 0.544. The minimum atomic E-state index is -1.16. The molecule has 0 aliphatic heterocycles. The maximum Gasteiger partial charge on any atom is 1.00 e. The molecular weight excluding hydrogens is 241 g/mol. The Morgan fingerprint density at radius 2 is 1.71 bits per heavy atom. The van der Waals surface area contributed by atoms with Crippen LogP contribution in [-0.4, -0.2) is 11.0 Å². The smallest absolute Gasteiger partial charge is 0.545 e. The molecule has 0 fully saturated rings. The molecule has 3 rings (SSSR count). The normalized spacial score (nSPS) is 10.4. The third-order valence-electron chi connectivity index (χ3n) is 2.76. The van der Waals surface area contributed by atoms with Gasteiger partial charge >= 0.3 is 51.4 Å². The summed E-state index contributed by atoms with van der Waals surface area (Å²) in [5, 5.41) is 12.9. The average molecular weight is 249 g/mol. The second-order valence-corrected chi connectivity index (χ2v) is 3.69. The Morgan fingerprint density at radius 1 is 1.00 bits per heavy atom. The van der Waals surface area contributed by atoms with Crippen molar-refractivity contribution in [3.05, 3.63) is 48.0 Å². The zero-order valence-corrected chi connectivity index (χ0v) is 12.5. The van der Waals surface area contributed by atoms with Crippen molar-refractivity contribution in [2.75, 3.05) is 0 Å². The van der Waals surface area contributed by atoms with E-state index in [9.17, 15) is 9.90 Å². The third kappa shape index (κ3) is 2.07. The predicted octanol–water partition coefficient (Wildman–Crippen LogP) is -1.31. The molecule has 0 radical (unpaired) electrons. The first-order valence-corrected chi connectivity index (χ1v) is 4.98. The zero-order valence-electron chi connectivity index (χ0n) is 9.36. The van der Waals surface area contributed by atoms with Gasteiger partial charge < -0.3 is 14.9 Å². The van der Waals surface area contributed by atoms with Crippen LogP contribution in [0.4, 0.5) is 0 Å². The van der Waals surface area contributed by atoms with Crippen LogP contribution >= 0.6 is 0 Å². The van der Waals surface area contributed by atoms with Gasteiger partial charge in [-0.25, -0.2) is 0 Å². The van der Waals surface area contributed by atoms with Gasteiger partial charge in [0.2, 0.25) is 0 Å². The fourth-order valence-electron chi connectivity index (χ4n) is 2.04. The van der Waals surface area contributed by atoms with Crippen molar-refractivity contribution in [3.63, 3.8) is 0 Å². The number of carbonyl (C=O) groups excluding carboxylic acids is 1. The summed E-state index contributed by atoms with van der Waals surface area (Å²) >= 11 is 0. The Morgan fingerprint density at radius 3 is 2.47 bits per heavy atom. The van der Waals surface area contributed by atoms with Gasteiger partial charge in [-0.15, -0.1) is 0 Å². The van der Waals surface area contributed by atoms with E-state index >= 15 is 0 Å². The molecule has 4 heteroatoms. The van der Waals surface area contributed by atoms with E-state index in [1.807, 2.05) is 30.3 Å². The Labute approximate surface area is 140 Å². The summed E-state index contributed by atoms with van der Waals surface area (Å²) in [6.07, 6.45) is 0. The molecule has 2 aromatic carbocycles. The van der Waals surface area contributed by atoms with Gasteiger partial charge in [0.05, 0.1) is 11.5 Å². The van der Waals surface area contributed by atoms with E-state index in [1.54, 1.807) is 12.1 Å². The monoisotopic (exact) mass is 249 g/mol. The zero-order chi connectivity index (χ0) is 11.1. The van der Waals surface area contributed by atoms with E-state index in [4.69, 9.17) is 0 Å². The van der Waals surface area contributed by atoms with Crippen LogP contribution in [0.3, 0.4) is 0 Å². The summed E-state index contributed by atoms with van der Waals surface area (Å²) in [4.78, 5) is 14.1. The Bertz CT molecular complexity index is 703. The third-order valence-corrected chi connectivity index (χ3v) is 2.76. The number of para-hydroxylation sites is 2. The number of carboxylic acid groups (broad SMARTS) is 1. The van der Waals surface area contributed by atoms with Crippen LogP contribution < -0.4 is 56.5 Å². The van der Waals surface area contributed by atoms with Crippen molar-refractivity contribution < 1.29 is 61.3 Å². The second kappa shape index (κ2) is 4.92. The van der Waals surface area contributed by atoms with Crippen molar-refractivity contribution in [2.24, 2.45) is 0 Å². The van der Waals surface area contributed by atoms with Crippen molar-refractivity contribution in [1.82, 2.24) is 4.98 Å². The first-order chi connectivity index (χ1) is 7.77. The van der Waals surface area contributed by atoms with Gasteiger partial charge in [0.1, 0.15) is 0 Å². The SMILES string of the molecule is O=C([O-])c1cccc2c1[nH]c1ccccc12.[K+]. The molecule has 1 aromatic heterocycles. The van der Waals surface area contributed by atoms with E-state index in [2.05, 4.69) is 4.98 Å². The number of hydrogen-bond donors (Lipinski definition) is 1. The molecule has 0 bridgehead atoms. The van der Waals surface area contributed by atoms with E-state index in [0.29, 0.717) is 5.52 Å². The van der Waals surface area contributed by atoms with Crippen LogP contribution in [0.2, 0.25) is 0 Å². The van der Waals surface area contributed by atoms with Gasteiger partial charge in [-0.3, -0.25) is 0 Å². The Kier molecular flexibility index (Phi) is 3.70. The molecule has 0 aliphatic rings. The fraction of sp³-hybridized carbons (Fsp3) is 0. The van der Waals surface area contributed by atoms with E-state index in [0.717, 1.165) is 16.3 Å². The standard InChI is InChI=1S/C13H9NO2.K/c15-13(16)10-6-3-5-9-8-4-1-2-7-11(8)14-12(9)10;/h1-7,14H,(H,15,16);/q;+1/p-1. The number of carbonyl (C=O) groups is 1. The Hall–Kier alpha value is -0.654. The van der Waals surface area contributed by atoms with Gasteiger partial charge in [0.25, 0.3) is 0 Å². The topological polar surface area (TPSA) is 55.9 Å². The summed E-state index contributed by atoms with van der Waals surface area (Å²) < 4.78 is 0. The number of aromatic nitrogens is 1. The molecule has 78 valence electrons. The minimum Gasteiger partial charge on any atom is -0.545 e. The number of hydrogen-bond acceptors (Lipinski definition) is 2. The van der Waals surface area contributed by atoms with E-state index in [1.165, 1.54) is 0 Å². The molecule has 0 aliphatic carbocycles. The molecule has 0 spiro atoms. The predicted molar refractivity (Wildman–Crippen MR) is 60.1 cm³/mol. The number of aromatic amines is 1. The summed E-state index contributed by atoms with van der Waals surface area (Å²) in [7, 11) is 0. The molecule has 0 unspecified atom stereocenters. The number of benzene rings is 2. The van der Waals surface area contributed by atoms with Crippen LogP contribution in [0, 0.1) is 0 Å². The maximum atomic E-state index is 11.0. The minimum absolute atomic E-state index is 0. The van der Waals surface area contributed by atoms with E-state index < -0.39 is 5.97 Å². The molecule has 0 saturated heterocycles. The number of nitrogens with one attached hydrogen (secondary N) is 1. The van der Waals surface area contributed by atoms with Crippen molar-refractivity contribution >= 4 is 27.8 Å². The van der Waals surface area contributed by atoms with Gasteiger partial charge in [-0.1, -0.05) is 36.4 Å². The summed E-state index contributed by atoms with van der Waals surface area (Å²) in [6.45, 7) is 0. The van der Waals surface area contributed by atoms with E-state index in [-0.39, 0.29) is 56.9 Å². The molecule has 0 saturated carbocycles. The number of H-pyrrole nitrogens is 1. The second-order valence-electron chi connectivity index (χ2n) is 3.69. The molecule has 1 N–H and O–H groups in total. The molecule has 3 aromatic rings.